The molecule has 1 saturated carbocycles. The SMILES string of the molecule is N#CCCSc1nnc(NC(=O)C2CCC2)s1. The van der Waals surface area contributed by atoms with E-state index in [0.717, 1.165) is 23.6 Å². The molecule has 1 fully saturated rings. The Morgan fingerprint density at radius 1 is 1.59 bits per heavy atom. The maximum Gasteiger partial charge on any atom is 0.229 e. The van der Waals surface area contributed by atoms with E-state index in [1.54, 1.807) is 0 Å². The molecule has 0 spiro atoms. The standard InChI is InChI=1S/C10H12N4OS2/c11-5-2-6-16-10-14-13-9(17-10)12-8(15)7-3-1-4-7/h7H,1-4,6H2,(H,12,13,15). The molecule has 0 aliphatic heterocycles. The highest BCUT2D eigenvalue weighted by Gasteiger charge is 2.25. The number of thioether (sulfide) groups is 1. The summed E-state index contributed by atoms with van der Waals surface area (Å²) in [5.41, 5.74) is 0. The van der Waals surface area contributed by atoms with Crippen LogP contribution in [0.2, 0.25) is 0 Å². The van der Waals surface area contributed by atoms with E-state index in [2.05, 4.69) is 21.6 Å². The van der Waals surface area contributed by atoms with Gasteiger partial charge in [0, 0.05) is 18.1 Å². The highest BCUT2D eigenvalue weighted by Crippen LogP contribution is 2.30. The Morgan fingerprint density at radius 2 is 2.41 bits per heavy atom. The number of hydrogen-bond donors (Lipinski definition) is 1. The van der Waals surface area contributed by atoms with Gasteiger partial charge in [-0.3, -0.25) is 4.79 Å². The maximum absolute atomic E-state index is 11.6. The molecular formula is C10H12N4OS2. The fourth-order valence-electron chi connectivity index (χ4n) is 1.38. The smallest absolute Gasteiger partial charge is 0.229 e. The summed E-state index contributed by atoms with van der Waals surface area (Å²) in [5.74, 6) is 0.927. The highest BCUT2D eigenvalue weighted by atomic mass is 32.2. The predicted octanol–water partition coefficient (Wildman–Crippen LogP) is 2.28. The molecule has 1 amide bonds. The van der Waals surface area contributed by atoms with Crippen LogP contribution in [0.25, 0.3) is 0 Å². The second-order valence-corrected chi connectivity index (χ2v) is 6.07. The third kappa shape index (κ3) is 3.41. The molecule has 1 heterocycles. The van der Waals surface area contributed by atoms with Crippen LogP contribution in [0.15, 0.2) is 4.34 Å². The Kier molecular flexibility index (Phi) is 4.34. The number of nitriles is 1. The van der Waals surface area contributed by atoms with Crippen molar-refractivity contribution in [1.29, 1.82) is 5.26 Å². The molecule has 1 aliphatic carbocycles. The van der Waals surface area contributed by atoms with Crippen molar-refractivity contribution in [1.82, 2.24) is 10.2 Å². The van der Waals surface area contributed by atoms with Gasteiger partial charge in [0.2, 0.25) is 11.0 Å². The van der Waals surface area contributed by atoms with Gasteiger partial charge >= 0.3 is 0 Å². The van der Waals surface area contributed by atoms with E-state index in [0.29, 0.717) is 17.3 Å². The topological polar surface area (TPSA) is 78.7 Å². The number of nitrogens with zero attached hydrogens (tertiary/aromatic N) is 3. The fourth-order valence-corrected chi connectivity index (χ4v) is 3.05. The molecule has 0 aromatic carbocycles. The third-order valence-corrected chi connectivity index (χ3v) is 4.53. The van der Waals surface area contributed by atoms with Crippen LogP contribution in [0, 0.1) is 17.2 Å². The lowest BCUT2D eigenvalue weighted by molar-refractivity contribution is -0.122. The summed E-state index contributed by atoms with van der Waals surface area (Å²) in [7, 11) is 0. The van der Waals surface area contributed by atoms with Crippen molar-refractivity contribution in [3.63, 3.8) is 0 Å². The van der Waals surface area contributed by atoms with E-state index in [9.17, 15) is 4.79 Å². The van der Waals surface area contributed by atoms with Crippen molar-refractivity contribution in [3.05, 3.63) is 0 Å². The normalized spacial score (nSPS) is 15.0. The Labute approximate surface area is 108 Å². The quantitative estimate of drug-likeness (QED) is 0.503. The molecule has 0 saturated heterocycles. The highest BCUT2D eigenvalue weighted by molar-refractivity contribution is 8.01. The zero-order valence-corrected chi connectivity index (χ0v) is 10.8. The van der Waals surface area contributed by atoms with Gasteiger partial charge in [0.15, 0.2) is 4.34 Å². The molecule has 7 heteroatoms. The van der Waals surface area contributed by atoms with Crippen LogP contribution in [0.1, 0.15) is 25.7 Å². The van der Waals surface area contributed by atoms with Crippen molar-refractivity contribution in [2.75, 3.05) is 11.1 Å². The van der Waals surface area contributed by atoms with Crippen LogP contribution in [-0.4, -0.2) is 21.9 Å². The first kappa shape index (κ1) is 12.3. The molecule has 0 atom stereocenters. The van der Waals surface area contributed by atoms with E-state index in [-0.39, 0.29) is 11.8 Å². The van der Waals surface area contributed by atoms with Gasteiger partial charge in [-0.1, -0.05) is 29.5 Å². The fraction of sp³-hybridized carbons (Fsp3) is 0.600. The predicted molar refractivity (Wildman–Crippen MR) is 66.8 cm³/mol. The molecule has 1 N–H and O–H groups in total. The number of rotatable bonds is 5. The van der Waals surface area contributed by atoms with Crippen LogP contribution >= 0.6 is 23.1 Å². The molecule has 1 aromatic heterocycles. The first-order valence-corrected chi connectivity index (χ1v) is 7.24. The van der Waals surface area contributed by atoms with E-state index in [4.69, 9.17) is 5.26 Å². The summed E-state index contributed by atoms with van der Waals surface area (Å²) >= 11 is 2.86. The lowest BCUT2D eigenvalue weighted by atomic mass is 9.85. The van der Waals surface area contributed by atoms with E-state index < -0.39 is 0 Å². The average Bonchev–Trinajstić information content (AvgIpc) is 2.63. The molecule has 17 heavy (non-hydrogen) atoms. The van der Waals surface area contributed by atoms with Crippen molar-refractivity contribution in [3.8, 4) is 6.07 Å². The molecular weight excluding hydrogens is 256 g/mol. The van der Waals surface area contributed by atoms with Gasteiger partial charge in [0.1, 0.15) is 0 Å². The molecule has 0 radical (unpaired) electrons. The van der Waals surface area contributed by atoms with Crippen LogP contribution in [-0.2, 0) is 4.79 Å². The summed E-state index contributed by atoms with van der Waals surface area (Å²) in [6.45, 7) is 0. The zero-order valence-electron chi connectivity index (χ0n) is 9.18. The van der Waals surface area contributed by atoms with E-state index >= 15 is 0 Å². The minimum Gasteiger partial charge on any atom is -0.300 e. The summed E-state index contributed by atoms with van der Waals surface area (Å²) in [5, 5.41) is 19.6. The largest absolute Gasteiger partial charge is 0.300 e. The van der Waals surface area contributed by atoms with Crippen molar-refractivity contribution in [2.45, 2.75) is 30.0 Å². The molecule has 5 nitrogen and oxygen atoms in total. The minimum absolute atomic E-state index is 0.0565. The average molecular weight is 268 g/mol. The van der Waals surface area contributed by atoms with Gasteiger partial charge in [0.05, 0.1) is 6.07 Å². The maximum atomic E-state index is 11.6. The van der Waals surface area contributed by atoms with Gasteiger partial charge in [-0.05, 0) is 12.8 Å². The number of amides is 1. The number of carbonyl (C=O) groups excluding carboxylic acids is 1. The van der Waals surface area contributed by atoms with E-state index in [1.165, 1.54) is 23.1 Å². The van der Waals surface area contributed by atoms with Crippen molar-refractivity contribution in [2.24, 2.45) is 5.92 Å². The lowest BCUT2D eigenvalue weighted by Gasteiger charge is -2.23. The monoisotopic (exact) mass is 268 g/mol. The second-order valence-electron chi connectivity index (χ2n) is 3.75. The van der Waals surface area contributed by atoms with Gasteiger partial charge in [-0.25, -0.2) is 0 Å². The van der Waals surface area contributed by atoms with Crippen LogP contribution in [0.5, 0.6) is 0 Å². The molecule has 0 unspecified atom stereocenters. The molecule has 2 rings (SSSR count). The Balaban J connectivity index is 1.81. The molecule has 90 valence electrons. The zero-order chi connectivity index (χ0) is 12.1. The minimum atomic E-state index is 0.0565. The Morgan fingerprint density at radius 3 is 3.06 bits per heavy atom. The summed E-state index contributed by atoms with van der Waals surface area (Å²) in [6.07, 6.45) is 3.60. The molecule has 1 aliphatic rings. The van der Waals surface area contributed by atoms with Gasteiger partial charge in [-0.15, -0.1) is 10.2 Å². The summed E-state index contributed by atoms with van der Waals surface area (Å²) in [4.78, 5) is 11.6. The second kappa shape index (κ2) is 5.98. The summed E-state index contributed by atoms with van der Waals surface area (Å²) in [6, 6.07) is 2.07. The first-order valence-electron chi connectivity index (χ1n) is 5.43. The summed E-state index contributed by atoms with van der Waals surface area (Å²) < 4.78 is 0.796. The van der Waals surface area contributed by atoms with Crippen LogP contribution < -0.4 is 5.32 Å². The Hall–Kier alpha value is -1.13. The number of hydrogen-bond acceptors (Lipinski definition) is 6. The van der Waals surface area contributed by atoms with Crippen LogP contribution in [0.4, 0.5) is 5.13 Å². The molecule has 0 bridgehead atoms. The van der Waals surface area contributed by atoms with Crippen LogP contribution in [0.3, 0.4) is 0 Å². The molecule has 1 aromatic rings. The number of anilines is 1. The number of aromatic nitrogens is 2. The number of nitrogens with one attached hydrogen (secondary N) is 1. The first-order chi connectivity index (χ1) is 8.29. The van der Waals surface area contributed by atoms with Gasteiger partial charge < -0.3 is 5.32 Å². The van der Waals surface area contributed by atoms with Crippen molar-refractivity contribution < 1.29 is 4.79 Å². The van der Waals surface area contributed by atoms with E-state index in [1.807, 2.05) is 0 Å². The lowest BCUT2D eigenvalue weighted by Crippen LogP contribution is -2.27. The third-order valence-electron chi connectivity index (χ3n) is 2.55. The van der Waals surface area contributed by atoms with Crippen molar-refractivity contribution >= 4 is 34.1 Å². The number of carbonyl (C=O) groups is 1. The van der Waals surface area contributed by atoms with Gasteiger partial charge in [0.25, 0.3) is 0 Å². The van der Waals surface area contributed by atoms with Gasteiger partial charge in [-0.2, -0.15) is 5.26 Å². The Bertz CT molecular complexity index is 436.